The number of hydrogen-bond acceptors (Lipinski definition) is 5. The molecular formula is C14H23N3O3. The lowest BCUT2D eigenvalue weighted by Crippen LogP contribution is -2.12. The van der Waals surface area contributed by atoms with Crippen LogP contribution in [0, 0.1) is 16.0 Å². The summed E-state index contributed by atoms with van der Waals surface area (Å²) in [5, 5.41) is 13.7. The normalized spacial score (nSPS) is 11.9. The standard InChI is InChI=1S/C14H23N3O3/c1-4-6-7-11(5-2)10-20-14-9-12(17(18)19)8-13(15-3)16-14/h8-9,11H,4-7,10H2,1-3H3,(H,15,16). The summed E-state index contributed by atoms with van der Waals surface area (Å²) in [4.78, 5) is 14.6. The third-order valence-electron chi connectivity index (χ3n) is 3.26. The minimum atomic E-state index is -0.441. The highest BCUT2D eigenvalue weighted by Crippen LogP contribution is 2.23. The molecule has 0 fully saturated rings. The number of nitrogens with one attached hydrogen (secondary N) is 1. The summed E-state index contributed by atoms with van der Waals surface area (Å²) in [6.45, 7) is 4.84. The maximum atomic E-state index is 10.9. The van der Waals surface area contributed by atoms with E-state index < -0.39 is 4.92 Å². The Morgan fingerprint density at radius 2 is 2.20 bits per heavy atom. The van der Waals surface area contributed by atoms with Gasteiger partial charge in [0.15, 0.2) is 0 Å². The smallest absolute Gasteiger partial charge is 0.278 e. The van der Waals surface area contributed by atoms with E-state index in [0.29, 0.717) is 24.2 Å². The van der Waals surface area contributed by atoms with Crippen LogP contribution in [-0.2, 0) is 0 Å². The van der Waals surface area contributed by atoms with Crippen LogP contribution in [0.15, 0.2) is 12.1 Å². The van der Waals surface area contributed by atoms with Crippen LogP contribution in [0.4, 0.5) is 11.5 Å². The van der Waals surface area contributed by atoms with Gasteiger partial charge in [-0.2, -0.15) is 4.98 Å². The molecule has 1 atom stereocenters. The molecule has 1 N–H and O–H groups in total. The van der Waals surface area contributed by atoms with Crippen molar-refractivity contribution in [2.75, 3.05) is 19.0 Å². The first-order chi connectivity index (χ1) is 9.60. The molecule has 0 radical (unpaired) electrons. The molecule has 0 bridgehead atoms. The Bertz CT molecular complexity index is 438. The molecule has 0 aromatic carbocycles. The predicted molar refractivity (Wildman–Crippen MR) is 79.2 cm³/mol. The fourth-order valence-electron chi connectivity index (χ4n) is 1.90. The van der Waals surface area contributed by atoms with E-state index in [9.17, 15) is 10.1 Å². The molecule has 6 heteroatoms. The fraction of sp³-hybridized carbons (Fsp3) is 0.643. The zero-order valence-electron chi connectivity index (χ0n) is 12.4. The Kier molecular flexibility index (Phi) is 6.76. The van der Waals surface area contributed by atoms with Gasteiger partial charge in [0, 0.05) is 7.05 Å². The fourth-order valence-corrected chi connectivity index (χ4v) is 1.90. The van der Waals surface area contributed by atoms with E-state index in [1.807, 2.05) is 0 Å². The SMILES string of the molecule is CCCCC(CC)COc1cc([N+](=O)[O-])cc(NC)n1. The minimum absolute atomic E-state index is 0.0130. The first kappa shape index (κ1) is 16.2. The summed E-state index contributed by atoms with van der Waals surface area (Å²) in [6, 6.07) is 2.76. The van der Waals surface area contributed by atoms with Crippen molar-refractivity contribution in [1.82, 2.24) is 4.98 Å². The number of hydrogen-bond donors (Lipinski definition) is 1. The second-order valence-corrected chi connectivity index (χ2v) is 4.78. The molecule has 1 heterocycles. The number of anilines is 1. The Morgan fingerprint density at radius 1 is 1.45 bits per heavy atom. The predicted octanol–water partition coefficient (Wildman–Crippen LogP) is 3.63. The number of ether oxygens (including phenoxy) is 1. The van der Waals surface area contributed by atoms with Crippen molar-refractivity contribution in [3.05, 3.63) is 22.2 Å². The van der Waals surface area contributed by atoms with Crippen molar-refractivity contribution in [2.45, 2.75) is 39.5 Å². The van der Waals surface area contributed by atoms with E-state index in [1.54, 1.807) is 7.05 Å². The van der Waals surface area contributed by atoms with Crippen molar-refractivity contribution >= 4 is 11.5 Å². The Balaban J connectivity index is 2.70. The number of unbranched alkanes of at least 4 members (excludes halogenated alkanes) is 1. The van der Waals surface area contributed by atoms with Crippen LogP contribution in [0.25, 0.3) is 0 Å². The summed E-state index contributed by atoms with van der Waals surface area (Å²) < 4.78 is 5.63. The zero-order valence-corrected chi connectivity index (χ0v) is 12.4. The minimum Gasteiger partial charge on any atom is -0.477 e. The molecule has 6 nitrogen and oxygen atoms in total. The van der Waals surface area contributed by atoms with Crippen LogP contribution in [0.5, 0.6) is 5.88 Å². The van der Waals surface area contributed by atoms with Gasteiger partial charge in [-0.15, -0.1) is 0 Å². The quantitative estimate of drug-likeness (QED) is 0.552. The van der Waals surface area contributed by atoms with Crippen molar-refractivity contribution in [2.24, 2.45) is 5.92 Å². The van der Waals surface area contributed by atoms with Crippen LogP contribution in [0.1, 0.15) is 39.5 Å². The molecule has 1 aromatic heterocycles. The number of pyridine rings is 1. The van der Waals surface area contributed by atoms with Crippen LogP contribution in [0.3, 0.4) is 0 Å². The van der Waals surface area contributed by atoms with Crippen LogP contribution in [-0.4, -0.2) is 23.6 Å². The third kappa shape index (κ3) is 5.03. The van der Waals surface area contributed by atoms with Gasteiger partial charge < -0.3 is 10.1 Å². The number of aromatic nitrogens is 1. The van der Waals surface area contributed by atoms with Gasteiger partial charge >= 0.3 is 0 Å². The zero-order chi connectivity index (χ0) is 15.0. The van der Waals surface area contributed by atoms with Crippen molar-refractivity contribution in [3.8, 4) is 5.88 Å². The lowest BCUT2D eigenvalue weighted by Gasteiger charge is -2.15. The molecule has 1 unspecified atom stereocenters. The number of nitrogens with zero attached hydrogens (tertiary/aromatic N) is 2. The van der Waals surface area contributed by atoms with Gasteiger partial charge in [-0.3, -0.25) is 10.1 Å². The molecule has 0 amide bonds. The van der Waals surface area contributed by atoms with Gasteiger partial charge in [0.1, 0.15) is 5.82 Å². The van der Waals surface area contributed by atoms with E-state index in [0.717, 1.165) is 19.3 Å². The van der Waals surface area contributed by atoms with E-state index in [-0.39, 0.29) is 5.69 Å². The van der Waals surface area contributed by atoms with E-state index in [1.165, 1.54) is 18.6 Å². The van der Waals surface area contributed by atoms with Gasteiger partial charge in [0.05, 0.1) is 23.7 Å². The number of nitro groups is 1. The average Bonchev–Trinajstić information content (AvgIpc) is 2.47. The van der Waals surface area contributed by atoms with Crippen LogP contribution in [0.2, 0.25) is 0 Å². The van der Waals surface area contributed by atoms with Gasteiger partial charge in [0.25, 0.3) is 5.69 Å². The van der Waals surface area contributed by atoms with Gasteiger partial charge in [-0.1, -0.05) is 33.1 Å². The maximum absolute atomic E-state index is 10.9. The lowest BCUT2D eigenvalue weighted by atomic mass is 10.0. The van der Waals surface area contributed by atoms with Gasteiger partial charge in [0.2, 0.25) is 5.88 Å². The lowest BCUT2D eigenvalue weighted by molar-refractivity contribution is -0.384. The summed E-state index contributed by atoms with van der Waals surface area (Å²) in [5.74, 6) is 1.21. The summed E-state index contributed by atoms with van der Waals surface area (Å²) in [6.07, 6.45) is 4.48. The highest BCUT2D eigenvalue weighted by atomic mass is 16.6. The highest BCUT2D eigenvalue weighted by molar-refractivity contribution is 5.47. The monoisotopic (exact) mass is 281 g/mol. The molecule has 0 spiro atoms. The molecule has 0 saturated heterocycles. The second-order valence-electron chi connectivity index (χ2n) is 4.78. The maximum Gasteiger partial charge on any atom is 0.278 e. The molecule has 1 aromatic rings. The van der Waals surface area contributed by atoms with E-state index in [2.05, 4.69) is 24.1 Å². The van der Waals surface area contributed by atoms with Gasteiger partial charge in [-0.25, -0.2) is 0 Å². The first-order valence-electron chi connectivity index (χ1n) is 7.07. The molecule has 0 aliphatic heterocycles. The van der Waals surface area contributed by atoms with Crippen molar-refractivity contribution < 1.29 is 9.66 Å². The summed E-state index contributed by atoms with van der Waals surface area (Å²) in [5.41, 5.74) is -0.0130. The Labute approximate surface area is 119 Å². The molecule has 0 aliphatic carbocycles. The number of rotatable bonds is 9. The third-order valence-corrected chi connectivity index (χ3v) is 3.26. The average molecular weight is 281 g/mol. The first-order valence-corrected chi connectivity index (χ1v) is 7.07. The molecule has 20 heavy (non-hydrogen) atoms. The highest BCUT2D eigenvalue weighted by Gasteiger charge is 2.13. The van der Waals surface area contributed by atoms with Crippen molar-refractivity contribution in [1.29, 1.82) is 0 Å². The Hall–Kier alpha value is -1.85. The molecule has 112 valence electrons. The van der Waals surface area contributed by atoms with Crippen LogP contribution >= 0.6 is 0 Å². The van der Waals surface area contributed by atoms with E-state index >= 15 is 0 Å². The summed E-state index contributed by atoms with van der Waals surface area (Å²) >= 11 is 0. The molecule has 0 saturated carbocycles. The van der Waals surface area contributed by atoms with Crippen molar-refractivity contribution in [3.63, 3.8) is 0 Å². The summed E-state index contributed by atoms with van der Waals surface area (Å²) in [7, 11) is 1.67. The topological polar surface area (TPSA) is 77.3 Å². The second kappa shape index (κ2) is 8.35. The largest absolute Gasteiger partial charge is 0.477 e. The van der Waals surface area contributed by atoms with Crippen LogP contribution < -0.4 is 10.1 Å². The van der Waals surface area contributed by atoms with E-state index in [4.69, 9.17) is 4.74 Å². The Morgan fingerprint density at radius 3 is 2.75 bits per heavy atom. The molecule has 1 rings (SSSR count). The van der Waals surface area contributed by atoms with Gasteiger partial charge in [-0.05, 0) is 12.3 Å². The molecule has 0 aliphatic rings. The molecular weight excluding hydrogens is 258 g/mol.